The van der Waals surface area contributed by atoms with E-state index < -0.39 is 0 Å². The zero-order valence-electron chi connectivity index (χ0n) is 7.42. The van der Waals surface area contributed by atoms with Gasteiger partial charge < -0.3 is 15.8 Å². The van der Waals surface area contributed by atoms with Crippen LogP contribution in [-0.2, 0) is 4.74 Å². The average molecular weight is 177 g/mol. The van der Waals surface area contributed by atoms with E-state index in [1.807, 2.05) is 12.1 Å². The summed E-state index contributed by atoms with van der Waals surface area (Å²) >= 11 is 0. The van der Waals surface area contributed by atoms with Crippen LogP contribution in [0, 0.1) is 6.07 Å². The van der Waals surface area contributed by atoms with Gasteiger partial charge in [-0.05, 0) is 24.6 Å². The minimum absolute atomic E-state index is 0.361. The van der Waals surface area contributed by atoms with E-state index in [1.54, 1.807) is 6.07 Å². The predicted molar refractivity (Wildman–Crippen MR) is 52.5 cm³/mol. The van der Waals surface area contributed by atoms with Crippen molar-refractivity contribution in [1.29, 1.82) is 0 Å². The number of nitrogens with one attached hydrogen (secondary N) is 1. The van der Waals surface area contributed by atoms with Gasteiger partial charge in [0.25, 0.3) is 0 Å². The standard InChI is InChI=1S/C10H13N2O/c11-9-3-1-2-4-10(9)12-7-8-5-6-13-8/h1,3-4,8,12H,5-7,11H2/t8-/m0/s1. The maximum atomic E-state index is 5.74. The molecule has 0 amide bonds. The maximum absolute atomic E-state index is 5.74. The van der Waals surface area contributed by atoms with Crippen molar-refractivity contribution in [2.45, 2.75) is 12.5 Å². The summed E-state index contributed by atoms with van der Waals surface area (Å²) in [6.45, 7) is 1.73. The molecule has 2 rings (SSSR count). The van der Waals surface area contributed by atoms with Crippen LogP contribution in [0.3, 0.4) is 0 Å². The van der Waals surface area contributed by atoms with E-state index in [1.165, 1.54) is 0 Å². The summed E-state index contributed by atoms with van der Waals surface area (Å²) in [6, 6.07) is 8.48. The molecule has 3 heteroatoms. The highest BCUT2D eigenvalue weighted by Gasteiger charge is 2.17. The first kappa shape index (κ1) is 8.38. The molecule has 1 saturated heterocycles. The predicted octanol–water partition coefficient (Wildman–Crippen LogP) is 1.27. The molecule has 0 saturated carbocycles. The second-order valence-electron chi connectivity index (χ2n) is 3.18. The van der Waals surface area contributed by atoms with Gasteiger partial charge >= 0.3 is 0 Å². The fourth-order valence-corrected chi connectivity index (χ4v) is 1.26. The first-order chi connectivity index (χ1) is 6.36. The van der Waals surface area contributed by atoms with Crippen molar-refractivity contribution in [3.8, 4) is 0 Å². The number of hydrogen-bond donors (Lipinski definition) is 2. The molecule has 1 aliphatic rings. The molecule has 0 bridgehead atoms. The Morgan fingerprint density at radius 2 is 2.54 bits per heavy atom. The van der Waals surface area contributed by atoms with Crippen molar-refractivity contribution >= 4 is 11.4 Å². The lowest BCUT2D eigenvalue weighted by Gasteiger charge is -2.27. The average Bonchev–Trinajstić information content (AvgIpc) is 2.05. The third kappa shape index (κ3) is 1.92. The molecular formula is C10H13N2O. The lowest BCUT2D eigenvalue weighted by atomic mass is 10.2. The highest BCUT2D eigenvalue weighted by molar-refractivity contribution is 5.65. The largest absolute Gasteiger partial charge is 0.397 e. The molecule has 0 unspecified atom stereocenters. The van der Waals surface area contributed by atoms with Gasteiger partial charge in [-0.2, -0.15) is 0 Å². The third-order valence-electron chi connectivity index (χ3n) is 2.21. The Bertz CT molecular complexity index is 284. The number of hydrogen-bond acceptors (Lipinski definition) is 3. The molecule has 1 aromatic rings. The number of rotatable bonds is 3. The van der Waals surface area contributed by atoms with E-state index in [0.717, 1.165) is 30.9 Å². The van der Waals surface area contributed by atoms with Gasteiger partial charge in [-0.25, -0.2) is 0 Å². The Morgan fingerprint density at radius 1 is 1.69 bits per heavy atom. The molecule has 1 aliphatic heterocycles. The summed E-state index contributed by atoms with van der Waals surface area (Å²) in [7, 11) is 0. The quantitative estimate of drug-likeness (QED) is 0.683. The van der Waals surface area contributed by atoms with E-state index >= 15 is 0 Å². The summed E-state index contributed by atoms with van der Waals surface area (Å²) in [5.41, 5.74) is 7.45. The lowest BCUT2D eigenvalue weighted by Crippen LogP contribution is -2.33. The molecule has 1 heterocycles. The zero-order valence-corrected chi connectivity index (χ0v) is 7.42. The van der Waals surface area contributed by atoms with E-state index in [9.17, 15) is 0 Å². The molecule has 3 nitrogen and oxygen atoms in total. The Hall–Kier alpha value is -1.22. The SMILES string of the molecule is Nc1cc[c]cc1NC[C@@H]1CCO1. The third-order valence-corrected chi connectivity index (χ3v) is 2.21. The van der Waals surface area contributed by atoms with E-state index in [-0.39, 0.29) is 0 Å². The summed E-state index contributed by atoms with van der Waals surface area (Å²) in [4.78, 5) is 0. The molecule has 3 N–H and O–H groups in total. The topological polar surface area (TPSA) is 47.3 Å². The first-order valence-electron chi connectivity index (χ1n) is 4.47. The van der Waals surface area contributed by atoms with Crippen LogP contribution in [0.4, 0.5) is 11.4 Å². The molecule has 1 fully saturated rings. The number of nitrogen functional groups attached to an aromatic ring is 1. The fourth-order valence-electron chi connectivity index (χ4n) is 1.26. The molecule has 69 valence electrons. The van der Waals surface area contributed by atoms with Crippen LogP contribution in [0.5, 0.6) is 0 Å². The molecule has 1 aromatic carbocycles. The van der Waals surface area contributed by atoms with Gasteiger partial charge in [0.05, 0.1) is 17.5 Å². The molecule has 13 heavy (non-hydrogen) atoms. The molecular weight excluding hydrogens is 164 g/mol. The first-order valence-corrected chi connectivity index (χ1v) is 4.47. The highest BCUT2D eigenvalue weighted by atomic mass is 16.5. The molecule has 0 aromatic heterocycles. The molecule has 1 radical (unpaired) electrons. The second-order valence-corrected chi connectivity index (χ2v) is 3.18. The van der Waals surface area contributed by atoms with Crippen molar-refractivity contribution in [1.82, 2.24) is 0 Å². The van der Waals surface area contributed by atoms with Gasteiger partial charge in [0.2, 0.25) is 0 Å². The van der Waals surface area contributed by atoms with Gasteiger partial charge in [-0.3, -0.25) is 0 Å². The fraction of sp³-hybridized carbons (Fsp3) is 0.400. The van der Waals surface area contributed by atoms with Crippen molar-refractivity contribution in [3.63, 3.8) is 0 Å². The normalized spacial score (nSPS) is 20.8. The minimum Gasteiger partial charge on any atom is -0.397 e. The minimum atomic E-state index is 0.361. The maximum Gasteiger partial charge on any atom is 0.0769 e. The molecule has 0 aliphatic carbocycles. The van der Waals surface area contributed by atoms with Crippen LogP contribution in [0.2, 0.25) is 0 Å². The van der Waals surface area contributed by atoms with Crippen molar-refractivity contribution < 1.29 is 4.74 Å². The van der Waals surface area contributed by atoms with E-state index in [2.05, 4.69) is 11.4 Å². The second kappa shape index (κ2) is 3.66. The van der Waals surface area contributed by atoms with E-state index in [0.29, 0.717) is 6.10 Å². The molecule has 1 atom stereocenters. The smallest absolute Gasteiger partial charge is 0.0769 e. The number of benzene rings is 1. The van der Waals surface area contributed by atoms with Crippen LogP contribution in [0.1, 0.15) is 6.42 Å². The van der Waals surface area contributed by atoms with Gasteiger partial charge in [-0.15, -0.1) is 0 Å². The Morgan fingerprint density at radius 3 is 3.15 bits per heavy atom. The van der Waals surface area contributed by atoms with E-state index in [4.69, 9.17) is 10.5 Å². The zero-order chi connectivity index (χ0) is 9.10. The summed E-state index contributed by atoms with van der Waals surface area (Å²) in [6.07, 6.45) is 1.50. The Balaban J connectivity index is 1.89. The summed E-state index contributed by atoms with van der Waals surface area (Å²) in [5.74, 6) is 0. The van der Waals surface area contributed by atoms with Crippen LogP contribution in [0.25, 0.3) is 0 Å². The van der Waals surface area contributed by atoms with Crippen LogP contribution < -0.4 is 11.1 Å². The van der Waals surface area contributed by atoms with Gasteiger partial charge in [-0.1, -0.05) is 6.07 Å². The van der Waals surface area contributed by atoms with Crippen LogP contribution in [-0.4, -0.2) is 19.3 Å². The Kier molecular flexibility index (Phi) is 2.36. The van der Waals surface area contributed by atoms with Crippen LogP contribution in [0.15, 0.2) is 18.2 Å². The van der Waals surface area contributed by atoms with Gasteiger partial charge in [0.15, 0.2) is 0 Å². The number of ether oxygens (including phenoxy) is 1. The van der Waals surface area contributed by atoms with Gasteiger partial charge in [0, 0.05) is 13.2 Å². The molecule has 0 spiro atoms. The summed E-state index contributed by atoms with van der Waals surface area (Å²) in [5, 5.41) is 3.23. The van der Waals surface area contributed by atoms with Crippen LogP contribution >= 0.6 is 0 Å². The lowest BCUT2D eigenvalue weighted by molar-refractivity contribution is -0.0410. The number of nitrogens with two attached hydrogens (primary N) is 1. The van der Waals surface area contributed by atoms with Crippen molar-refractivity contribution in [3.05, 3.63) is 24.3 Å². The highest BCUT2D eigenvalue weighted by Crippen LogP contribution is 2.18. The van der Waals surface area contributed by atoms with Gasteiger partial charge in [0.1, 0.15) is 0 Å². The van der Waals surface area contributed by atoms with Crippen molar-refractivity contribution in [2.24, 2.45) is 0 Å². The summed E-state index contributed by atoms with van der Waals surface area (Å²) < 4.78 is 5.28. The number of anilines is 2. The monoisotopic (exact) mass is 177 g/mol. The van der Waals surface area contributed by atoms with Crippen molar-refractivity contribution in [2.75, 3.05) is 24.2 Å². The Labute approximate surface area is 77.9 Å².